The summed E-state index contributed by atoms with van der Waals surface area (Å²) in [5, 5.41) is 12.2. The second-order valence-corrected chi connectivity index (χ2v) is 5.37. The molecule has 1 aliphatic heterocycles. The van der Waals surface area contributed by atoms with E-state index >= 15 is 0 Å². The molecule has 23 heavy (non-hydrogen) atoms. The number of piperazine rings is 1. The van der Waals surface area contributed by atoms with E-state index in [-0.39, 0.29) is 42.3 Å². The van der Waals surface area contributed by atoms with Gasteiger partial charge in [-0.05, 0) is 23.8 Å². The van der Waals surface area contributed by atoms with Crippen LogP contribution in [-0.2, 0) is 6.18 Å². The zero-order chi connectivity index (χ0) is 15.5. The van der Waals surface area contributed by atoms with Gasteiger partial charge in [0.1, 0.15) is 0 Å². The van der Waals surface area contributed by atoms with Crippen LogP contribution in [0.5, 0.6) is 0 Å². The molecule has 0 amide bonds. The van der Waals surface area contributed by atoms with Gasteiger partial charge in [0.25, 0.3) is 0 Å². The van der Waals surface area contributed by atoms with Crippen LogP contribution in [0.25, 0.3) is 0 Å². The molecule has 130 valence electrons. The van der Waals surface area contributed by atoms with E-state index < -0.39 is 11.7 Å². The maximum atomic E-state index is 12.9. The molecule has 3 nitrogen and oxygen atoms in total. The highest BCUT2D eigenvalue weighted by Gasteiger charge is 2.32. The average Bonchev–Trinajstić information content (AvgIpc) is 2.44. The third-order valence-corrected chi connectivity index (χ3v) is 3.73. The zero-order valence-corrected chi connectivity index (χ0v) is 14.5. The molecule has 9 heteroatoms. The van der Waals surface area contributed by atoms with E-state index in [1.165, 1.54) is 6.07 Å². The van der Waals surface area contributed by atoms with Crippen LogP contribution in [0.3, 0.4) is 0 Å². The van der Waals surface area contributed by atoms with Crippen LogP contribution in [0.2, 0.25) is 5.02 Å². The standard InChI is InChI=1S/C14H15ClF3N3.2ClH/c15-12-8-10(7-11(9-12)14(16,17)18)13(1-2-19)21-5-3-20-4-6-21;;/h7-9,13,20H,1,3-6H2;2*1H/t13-;;/m1../s1. The zero-order valence-electron chi connectivity index (χ0n) is 12.1. The van der Waals surface area contributed by atoms with Crippen LogP contribution in [0.4, 0.5) is 13.2 Å². The number of hydrogen-bond acceptors (Lipinski definition) is 3. The first kappa shape index (κ1) is 22.3. The summed E-state index contributed by atoms with van der Waals surface area (Å²) in [5.41, 5.74) is -0.332. The van der Waals surface area contributed by atoms with Crippen LogP contribution in [0.15, 0.2) is 18.2 Å². The molecule has 0 aromatic heterocycles. The van der Waals surface area contributed by atoms with Crippen molar-refractivity contribution in [1.82, 2.24) is 10.2 Å². The molecule has 1 N–H and O–H groups in total. The number of hydrogen-bond donors (Lipinski definition) is 1. The van der Waals surface area contributed by atoms with Gasteiger partial charge in [-0.1, -0.05) is 11.6 Å². The van der Waals surface area contributed by atoms with E-state index in [4.69, 9.17) is 16.9 Å². The van der Waals surface area contributed by atoms with Crippen molar-refractivity contribution in [3.8, 4) is 6.07 Å². The SMILES string of the molecule is Cl.Cl.N#CC[C@H](c1cc(Cl)cc(C(F)(F)F)c1)N1CCNCC1. The summed E-state index contributed by atoms with van der Waals surface area (Å²) in [4.78, 5) is 2.02. The number of nitriles is 1. The quantitative estimate of drug-likeness (QED) is 0.846. The molecule has 1 aromatic rings. The molecule has 0 spiro atoms. The maximum Gasteiger partial charge on any atom is 0.416 e. The number of nitrogens with one attached hydrogen (secondary N) is 1. The Morgan fingerprint density at radius 2 is 1.83 bits per heavy atom. The largest absolute Gasteiger partial charge is 0.416 e. The lowest BCUT2D eigenvalue weighted by Crippen LogP contribution is -2.45. The maximum absolute atomic E-state index is 12.9. The Labute approximate surface area is 150 Å². The van der Waals surface area contributed by atoms with Crippen LogP contribution in [0.1, 0.15) is 23.6 Å². The molecule has 0 bridgehead atoms. The second-order valence-electron chi connectivity index (χ2n) is 4.94. The molecule has 0 aliphatic carbocycles. The third kappa shape index (κ3) is 6.02. The van der Waals surface area contributed by atoms with E-state index in [0.717, 1.165) is 25.2 Å². The molecule has 1 aliphatic rings. The van der Waals surface area contributed by atoms with Gasteiger partial charge in [-0.3, -0.25) is 4.90 Å². The fourth-order valence-corrected chi connectivity index (χ4v) is 2.75. The molecule has 2 rings (SSSR count). The molecule has 1 aromatic carbocycles. The highest BCUT2D eigenvalue weighted by atomic mass is 35.5. The van der Waals surface area contributed by atoms with Gasteiger partial charge in [-0.25, -0.2) is 0 Å². The van der Waals surface area contributed by atoms with Gasteiger partial charge in [-0.15, -0.1) is 24.8 Å². The number of alkyl halides is 3. The summed E-state index contributed by atoms with van der Waals surface area (Å²) < 4.78 is 38.7. The van der Waals surface area contributed by atoms with Gasteiger partial charge in [-0.2, -0.15) is 18.4 Å². The highest BCUT2D eigenvalue weighted by Crippen LogP contribution is 2.35. The Bertz CT molecular complexity index is 540. The van der Waals surface area contributed by atoms with Crippen LogP contribution < -0.4 is 5.32 Å². The minimum Gasteiger partial charge on any atom is -0.314 e. The number of halogens is 6. The van der Waals surface area contributed by atoms with E-state index in [1.54, 1.807) is 0 Å². The lowest BCUT2D eigenvalue weighted by molar-refractivity contribution is -0.137. The normalized spacial score (nSPS) is 16.7. The fourth-order valence-electron chi connectivity index (χ4n) is 2.51. The molecular weight excluding hydrogens is 374 g/mol. The highest BCUT2D eigenvalue weighted by molar-refractivity contribution is 6.30. The van der Waals surface area contributed by atoms with E-state index in [9.17, 15) is 13.2 Å². The average molecular weight is 391 g/mol. The minimum absolute atomic E-state index is 0. The summed E-state index contributed by atoms with van der Waals surface area (Å²) in [6.45, 7) is 2.91. The lowest BCUT2D eigenvalue weighted by Gasteiger charge is -2.34. The van der Waals surface area contributed by atoms with Crippen molar-refractivity contribution >= 4 is 36.4 Å². The van der Waals surface area contributed by atoms with Crippen molar-refractivity contribution in [3.05, 3.63) is 34.3 Å². The van der Waals surface area contributed by atoms with Crippen molar-refractivity contribution in [3.63, 3.8) is 0 Å². The molecule has 0 saturated carbocycles. The molecule has 0 unspecified atom stereocenters. The molecule has 1 saturated heterocycles. The number of rotatable bonds is 3. The first-order valence-electron chi connectivity index (χ1n) is 6.61. The Morgan fingerprint density at radius 3 is 2.35 bits per heavy atom. The van der Waals surface area contributed by atoms with E-state index in [2.05, 4.69) is 11.4 Å². The predicted octanol–water partition coefficient (Wildman–Crippen LogP) is 4.06. The first-order valence-corrected chi connectivity index (χ1v) is 6.99. The Kier molecular flexibility index (Phi) is 9.26. The molecule has 0 radical (unpaired) electrons. The number of nitrogens with zero attached hydrogens (tertiary/aromatic N) is 2. The van der Waals surface area contributed by atoms with Crippen molar-refractivity contribution in [1.29, 1.82) is 5.26 Å². The van der Waals surface area contributed by atoms with Crippen LogP contribution in [-0.4, -0.2) is 31.1 Å². The minimum atomic E-state index is -4.44. The van der Waals surface area contributed by atoms with Crippen molar-refractivity contribution in [2.75, 3.05) is 26.2 Å². The summed E-state index contributed by atoms with van der Waals surface area (Å²) in [7, 11) is 0. The van der Waals surface area contributed by atoms with E-state index in [0.29, 0.717) is 18.7 Å². The smallest absolute Gasteiger partial charge is 0.314 e. The Morgan fingerprint density at radius 1 is 1.22 bits per heavy atom. The van der Waals surface area contributed by atoms with Gasteiger partial charge in [0, 0.05) is 37.2 Å². The summed E-state index contributed by atoms with van der Waals surface area (Å²) in [5.74, 6) is 0. The summed E-state index contributed by atoms with van der Waals surface area (Å²) >= 11 is 5.83. The lowest BCUT2D eigenvalue weighted by atomic mass is 9.99. The number of benzene rings is 1. The van der Waals surface area contributed by atoms with Gasteiger partial charge in [0.05, 0.1) is 18.1 Å². The van der Waals surface area contributed by atoms with Gasteiger partial charge in [0.15, 0.2) is 0 Å². The second kappa shape index (κ2) is 9.55. The first-order chi connectivity index (χ1) is 9.91. The topological polar surface area (TPSA) is 39.1 Å². The Hall–Kier alpha value is -0.710. The third-order valence-electron chi connectivity index (χ3n) is 3.51. The Balaban J connectivity index is 0.00000242. The molecule has 1 atom stereocenters. The van der Waals surface area contributed by atoms with Gasteiger partial charge < -0.3 is 5.32 Å². The fraction of sp³-hybridized carbons (Fsp3) is 0.500. The van der Waals surface area contributed by atoms with Crippen LogP contribution in [0, 0.1) is 11.3 Å². The molecule has 1 heterocycles. The predicted molar refractivity (Wildman–Crippen MR) is 88.4 cm³/mol. The van der Waals surface area contributed by atoms with Crippen molar-refractivity contribution in [2.24, 2.45) is 0 Å². The molecular formula is C14H17Cl3F3N3. The monoisotopic (exact) mass is 389 g/mol. The van der Waals surface area contributed by atoms with Gasteiger partial charge >= 0.3 is 6.18 Å². The van der Waals surface area contributed by atoms with Crippen LogP contribution >= 0.6 is 36.4 Å². The molecule has 1 fully saturated rings. The van der Waals surface area contributed by atoms with Gasteiger partial charge in [0.2, 0.25) is 0 Å². The summed E-state index contributed by atoms with van der Waals surface area (Å²) in [6, 6.07) is 5.21. The van der Waals surface area contributed by atoms with Crippen molar-refractivity contribution < 1.29 is 13.2 Å². The summed E-state index contributed by atoms with van der Waals surface area (Å²) in [6.07, 6.45) is -4.31. The van der Waals surface area contributed by atoms with Crippen molar-refractivity contribution in [2.45, 2.75) is 18.6 Å². The van der Waals surface area contributed by atoms with E-state index in [1.807, 2.05) is 4.90 Å².